The Morgan fingerprint density at radius 2 is 1.53 bits per heavy atom. The van der Waals surface area contributed by atoms with Crippen LogP contribution < -0.4 is 5.32 Å². The highest BCUT2D eigenvalue weighted by Crippen LogP contribution is 2.30. The molecule has 0 bridgehead atoms. The average molecular weight is 317 g/mol. The van der Waals surface area contributed by atoms with E-state index in [2.05, 4.69) is 5.32 Å². The highest BCUT2D eigenvalue weighted by molar-refractivity contribution is 6.36. The van der Waals surface area contributed by atoms with E-state index in [-0.39, 0.29) is 5.56 Å². The second kappa shape index (κ2) is 5.70. The average Bonchev–Trinajstić information content (AvgIpc) is 2.34. The van der Waals surface area contributed by atoms with Crippen LogP contribution in [-0.4, -0.2) is 11.1 Å². The van der Waals surface area contributed by atoms with Crippen LogP contribution in [0.3, 0.4) is 0 Å². The summed E-state index contributed by atoms with van der Waals surface area (Å²) < 4.78 is 0. The first-order valence-corrected chi connectivity index (χ1v) is 6.35. The number of aromatic carboxylic acids is 1. The van der Waals surface area contributed by atoms with Crippen LogP contribution in [0.1, 0.15) is 10.4 Å². The molecule has 2 N–H and O–H groups in total. The van der Waals surface area contributed by atoms with Gasteiger partial charge in [0.2, 0.25) is 0 Å². The molecule has 98 valence electrons. The van der Waals surface area contributed by atoms with Crippen LogP contribution >= 0.6 is 34.8 Å². The number of halogens is 3. The Bertz CT molecular complexity index is 644. The van der Waals surface area contributed by atoms with Crippen LogP contribution in [0.4, 0.5) is 11.4 Å². The van der Waals surface area contributed by atoms with E-state index in [0.717, 1.165) is 0 Å². The summed E-state index contributed by atoms with van der Waals surface area (Å²) in [6, 6.07) is 9.45. The van der Waals surface area contributed by atoms with E-state index < -0.39 is 5.97 Å². The van der Waals surface area contributed by atoms with E-state index in [0.29, 0.717) is 26.4 Å². The number of hydrogen-bond donors (Lipinski definition) is 2. The van der Waals surface area contributed by atoms with E-state index in [9.17, 15) is 4.79 Å². The molecule has 0 saturated heterocycles. The Morgan fingerprint density at radius 3 is 2.11 bits per heavy atom. The zero-order valence-electron chi connectivity index (χ0n) is 9.45. The molecule has 0 saturated carbocycles. The van der Waals surface area contributed by atoms with E-state index in [1.54, 1.807) is 30.3 Å². The molecule has 3 nitrogen and oxygen atoms in total. The molecule has 0 fully saturated rings. The zero-order valence-corrected chi connectivity index (χ0v) is 11.7. The van der Waals surface area contributed by atoms with Crippen LogP contribution in [0.25, 0.3) is 0 Å². The molecule has 0 atom stereocenters. The fraction of sp³-hybridized carbons (Fsp3) is 0. The van der Waals surface area contributed by atoms with Gasteiger partial charge in [0, 0.05) is 10.0 Å². The number of nitrogens with one attached hydrogen (secondary N) is 1. The van der Waals surface area contributed by atoms with Crippen molar-refractivity contribution in [1.29, 1.82) is 0 Å². The van der Waals surface area contributed by atoms with Crippen molar-refractivity contribution in [3.05, 3.63) is 57.0 Å². The second-order valence-corrected chi connectivity index (χ2v) is 5.02. The Labute approximate surface area is 124 Å². The van der Waals surface area contributed by atoms with Crippen molar-refractivity contribution in [2.24, 2.45) is 0 Å². The van der Waals surface area contributed by atoms with Crippen LogP contribution in [0.15, 0.2) is 36.4 Å². The summed E-state index contributed by atoms with van der Waals surface area (Å²) in [6.07, 6.45) is 0. The topological polar surface area (TPSA) is 49.3 Å². The van der Waals surface area contributed by atoms with Gasteiger partial charge in [0.05, 0.1) is 22.0 Å². The van der Waals surface area contributed by atoms with Crippen LogP contribution in [0.5, 0.6) is 0 Å². The summed E-state index contributed by atoms with van der Waals surface area (Å²) in [6.45, 7) is 0. The fourth-order valence-electron chi connectivity index (χ4n) is 1.54. The van der Waals surface area contributed by atoms with Gasteiger partial charge in [-0.05, 0) is 36.4 Å². The molecule has 0 aromatic heterocycles. The van der Waals surface area contributed by atoms with Gasteiger partial charge in [-0.25, -0.2) is 4.79 Å². The summed E-state index contributed by atoms with van der Waals surface area (Å²) in [5.41, 5.74) is 1.04. The second-order valence-electron chi connectivity index (χ2n) is 3.74. The lowest BCUT2D eigenvalue weighted by Crippen LogP contribution is -2.02. The number of carbonyl (C=O) groups is 1. The number of carboxylic acids is 1. The van der Waals surface area contributed by atoms with Gasteiger partial charge in [-0.2, -0.15) is 0 Å². The zero-order chi connectivity index (χ0) is 14.0. The normalized spacial score (nSPS) is 10.3. The SMILES string of the molecule is O=C(O)c1cc(Cl)ccc1Nc1ccc(Cl)cc1Cl. The number of anilines is 2. The molecule has 0 aliphatic carbocycles. The van der Waals surface area contributed by atoms with Gasteiger partial charge in [0.15, 0.2) is 0 Å². The molecule has 6 heteroatoms. The van der Waals surface area contributed by atoms with Crippen molar-refractivity contribution in [2.45, 2.75) is 0 Å². The molecular weight excluding hydrogens is 309 g/mol. The molecular formula is C13H8Cl3NO2. The summed E-state index contributed by atoms with van der Waals surface area (Å²) in [7, 11) is 0. The largest absolute Gasteiger partial charge is 0.478 e. The maximum atomic E-state index is 11.2. The Kier molecular flexibility index (Phi) is 4.20. The van der Waals surface area contributed by atoms with Gasteiger partial charge >= 0.3 is 5.97 Å². The maximum Gasteiger partial charge on any atom is 0.337 e. The van der Waals surface area contributed by atoms with Crippen molar-refractivity contribution in [2.75, 3.05) is 5.32 Å². The molecule has 0 unspecified atom stereocenters. The maximum absolute atomic E-state index is 11.2. The third-order valence-electron chi connectivity index (χ3n) is 2.41. The molecule has 0 spiro atoms. The van der Waals surface area contributed by atoms with E-state index in [4.69, 9.17) is 39.9 Å². The predicted octanol–water partition coefficient (Wildman–Crippen LogP) is 5.09. The number of benzene rings is 2. The van der Waals surface area contributed by atoms with Gasteiger partial charge in [-0.1, -0.05) is 34.8 Å². The quantitative estimate of drug-likeness (QED) is 0.829. The van der Waals surface area contributed by atoms with Crippen molar-refractivity contribution < 1.29 is 9.90 Å². The third-order valence-corrected chi connectivity index (χ3v) is 3.20. The highest BCUT2D eigenvalue weighted by atomic mass is 35.5. The van der Waals surface area contributed by atoms with Crippen LogP contribution in [0.2, 0.25) is 15.1 Å². The minimum atomic E-state index is -1.07. The van der Waals surface area contributed by atoms with Crippen molar-refractivity contribution >= 4 is 52.1 Å². The van der Waals surface area contributed by atoms with Gasteiger partial charge in [0.1, 0.15) is 0 Å². The Hall–Kier alpha value is -1.42. The van der Waals surface area contributed by atoms with E-state index in [1.807, 2.05) is 0 Å². The third kappa shape index (κ3) is 3.32. The molecule has 0 radical (unpaired) electrons. The molecule has 0 aliphatic rings. The lowest BCUT2D eigenvalue weighted by atomic mass is 10.1. The van der Waals surface area contributed by atoms with Crippen molar-refractivity contribution in [3.8, 4) is 0 Å². The van der Waals surface area contributed by atoms with Gasteiger partial charge in [0.25, 0.3) is 0 Å². The molecule has 0 aliphatic heterocycles. The first-order valence-electron chi connectivity index (χ1n) is 5.22. The summed E-state index contributed by atoms with van der Waals surface area (Å²) >= 11 is 17.6. The fourth-order valence-corrected chi connectivity index (χ4v) is 2.17. The van der Waals surface area contributed by atoms with Crippen LogP contribution in [0, 0.1) is 0 Å². The van der Waals surface area contributed by atoms with Crippen molar-refractivity contribution in [3.63, 3.8) is 0 Å². The number of hydrogen-bond acceptors (Lipinski definition) is 2. The summed E-state index contributed by atoms with van der Waals surface area (Å²) in [5, 5.41) is 13.3. The van der Waals surface area contributed by atoms with Crippen LogP contribution in [-0.2, 0) is 0 Å². The lowest BCUT2D eigenvalue weighted by Gasteiger charge is -2.11. The Morgan fingerprint density at radius 1 is 0.947 bits per heavy atom. The first kappa shape index (κ1) is 14.0. The molecule has 0 heterocycles. The molecule has 2 aromatic carbocycles. The first-order chi connectivity index (χ1) is 8.97. The standard InChI is InChI=1S/C13H8Cl3NO2/c14-7-1-3-11(9(5-7)13(18)19)17-12-4-2-8(15)6-10(12)16/h1-6,17H,(H,18,19). The highest BCUT2D eigenvalue weighted by Gasteiger charge is 2.12. The summed E-state index contributed by atoms with van der Waals surface area (Å²) in [4.78, 5) is 11.2. The molecule has 19 heavy (non-hydrogen) atoms. The lowest BCUT2D eigenvalue weighted by molar-refractivity contribution is 0.0698. The minimum absolute atomic E-state index is 0.0681. The smallest absolute Gasteiger partial charge is 0.337 e. The monoisotopic (exact) mass is 315 g/mol. The van der Waals surface area contributed by atoms with E-state index in [1.165, 1.54) is 6.07 Å². The van der Waals surface area contributed by atoms with Crippen molar-refractivity contribution in [1.82, 2.24) is 0 Å². The van der Waals surface area contributed by atoms with Gasteiger partial charge in [-0.3, -0.25) is 0 Å². The Balaban J connectivity index is 2.40. The number of carboxylic acid groups (broad SMARTS) is 1. The predicted molar refractivity (Wildman–Crippen MR) is 78.2 cm³/mol. The summed E-state index contributed by atoms with van der Waals surface area (Å²) in [5.74, 6) is -1.07. The molecule has 2 rings (SSSR count). The molecule has 0 amide bonds. The minimum Gasteiger partial charge on any atom is -0.478 e. The molecule has 2 aromatic rings. The van der Waals surface area contributed by atoms with E-state index >= 15 is 0 Å². The van der Waals surface area contributed by atoms with Gasteiger partial charge < -0.3 is 10.4 Å². The number of rotatable bonds is 3. The van der Waals surface area contributed by atoms with Gasteiger partial charge in [-0.15, -0.1) is 0 Å².